The first-order valence-electron chi connectivity index (χ1n) is 4.18. The van der Waals surface area contributed by atoms with Gasteiger partial charge >= 0.3 is 0 Å². The van der Waals surface area contributed by atoms with E-state index in [1.807, 2.05) is 6.07 Å². The lowest BCUT2D eigenvalue weighted by atomic mass is 9.81. The number of carbonyl (C=O) groups excluding carboxylic acids is 1. The van der Waals surface area contributed by atoms with Crippen molar-refractivity contribution in [1.82, 2.24) is 10.2 Å². The summed E-state index contributed by atoms with van der Waals surface area (Å²) in [5, 5.41) is 7.46. The molecule has 1 aromatic heterocycles. The van der Waals surface area contributed by atoms with Gasteiger partial charge in [0.05, 0.1) is 6.20 Å². The fourth-order valence-corrected chi connectivity index (χ4v) is 1.42. The van der Waals surface area contributed by atoms with E-state index in [1.165, 1.54) is 24.8 Å². The highest BCUT2D eigenvalue weighted by Gasteiger charge is 2.19. The van der Waals surface area contributed by atoms with E-state index in [0.29, 0.717) is 11.6 Å². The largest absolute Gasteiger partial charge is 0.296 e. The molecule has 1 aliphatic rings. The maximum absolute atomic E-state index is 10.4. The van der Waals surface area contributed by atoms with E-state index < -0.39 is 0 Å². The first-order valence-corrected chi connectivity index (χ1v) is 4.18. The predicted octanol–water partition coefficient (Wildman–Crippen LogP) is 1.56. The van der Waals surface area contributed by atoms with Gasteiger partial charge in [0.25, 0.3) is 0 Å². The van der Waals surface area contributed by atoms with Crippen LogP contribution < -0.4 is 0 Å². The number of rotatable bonds is 2. The molecule has 0 spiro atoms. The van der Waals surface area contributed by atoms with Gasteiger partial charge in [-0.25, -0.2) is 0 Å². The highest BCUT2D eigenvalue weighted by atomic mass is 16.1. The molecule has 0 bridgehead atoms. The van der Waals surface area contributed by atoms with Gasteiger partial charge in [-0.3, -0.25) is 4.79 Å². The van der Waals surface area contributed by atoms with Crippen molar-refractivity contribution in [2.24, 2.45) is 0 Å². The van der Waals surface area contributed by atoms with Crippen LogP contribution in [-0.4, -0.2) is 16.5 Å². The quantitative estimate of drug-likeness (QED) is 0.620. The van der Waals surface area contributed by atoms with Crippen LogP contribution in [0.25, 0.3) is 0 Å². The second-order valence-electron chi connectivity index (χ2n) is 3.16. The van der Waals surface area contributed by atoms with E-state index in [-0.39, 0.29) is 0 Å². The fraction of sp³-hybridized carbons (Fsp3) is 0.444. The third-order valence-electron chi connectivity index (χ3n) is 2.39. The Balaban J connectivity index is 2.25. The molecule has 1 aliphatic carbocycles. The van der Waals surface area contributed by atoms with Gasteiger partial charge < -0.3 is 0 Å². The minimum Gasteiger partial charge on any atom is -0.296 e. The summed E-state index contributed by atoms with van der Waals surface area (Å²) in [6.07, 6.45) is 6.25. The number of carbonyl (C=O) groups is 1. The average Bonchev–Trinajstić information content (AvgIpc) is 2.02. The van der Waals surface area contributed by atoms with E-state index >= 15 is 0 Å². The molecule has 1 aromatic rings. The van der Waals surface area contributed by atoms with Gasteiger partial charge in [-0.1, -0.05) is 6.42 Å². The van der Waals surface area contributed by atoms with E-state index in [0.717, 1.165) is 6.29 Å². The van der Waals surface area contributed by atoms with Gasteiger partial charge in [0.15, 0.2) is 6.29 Å². The van der Waals surface area contributed by atoms with E-state index in [4.69, 9.17) is 0 Å². The van der Waals surface area contributed by atoms with Crippen LogP contribution in [0.4, 0.5) is 0 Å². The van der Waals surface area contributed by atoms with Crippen LogP contribution in [0.1, 0.15) is 41.2 Å². The van der Waals surface area contributed by atoms with Gasteiger partial charge in [0.1, 0.15) is 5.69 Å². The van der Waals surface area contributed by atoms with Gasteiger partial charge in [-0.15, -0.1) is 5.10 Å². The Bertz CT molecular complexity index is 294. The molecule has 2 rings (SSSR count). The van der Waals surface area contributed by atoms with Crippen LogP contribution in [0.3, 0.4) is 0 Å². The lowest BCUT2D eigenvalue weighted by Gasteiger charge is -2.25. The standard InChI is InChI=1S/C9H10N2O/c12-6-9-4-8(5-10-11-9)7-2-1-3-7/h4-7H,1-3H2. The van der Waals surface area contributed by atoms with Crippen molar-refractivity contribution in [2.45, 2.75) is 25.2 Å². The molecule has 12 heavy (non-hydrogen) atoms. The van der Waals surface area contributed by atoms with Crippen molar-refractivity contribution >= 4 is 6.29 Å². The number of nitrogens with zero attached hydrogens (tertiary/aromatic N) is 2. The molecule has 62 valence electrons. The Hall–Kier alpha value is -1.25. The monoisotopic (exact) mass is 162 g/mol. The maximum atomic E-state index is 10.4. The van der Waals surface area contributed by atoms with Crippen molar-refractivity contribution in [2.75, 3.05) is 0 Å². The summed E-state index contributed by atoms with van der Waals surface area (Å²) in [6.45, 7) is 0. The molecule has 1 fully saturated rings. The van der Waals surface area contributed by atoms with E-state index in [1.54, 1.807) is 6.20 Å². The maximum Gasteiger partial charge on any atom is 0.170 e. The predicted molar refractivity (Wildman–Crippen MR) is 44.0 cm³/mol. The van der Waals surface area contributed by atoms with Gasteiger partial charge in [0.2, 0.25) is 0 Å². The van der Waals surface area contributed by atoms with Crippen LogP contribution >= 0.6 is 0 Å². The molecule has 0 unspecified atom stereocenters. The Morgan fingerprint density at radius 2 is 2.33 bits per heavy atom. The summed E-state index contributed by atoms with van der Waals surface area (Å²) in [5.74, 6) is 0.624. The topological polar surface area (TPSA) is 42.9 Å². The van der Waals surface area contributed by atoms with Crippen molar-refractivity contribution in [3.8, 4) is 0 Å². The van der Waals surface area contributed by atoms with Crippen LogP contribution in [-0.2, 0) is 0 Å². The number of aromatic nitrogens is 2. The zero-order valence-corrected chi connectivity index (χ0v) is 6.73. The Kier molecular flexibility index (Phi) is 1.86. The molecular formula is C9H10N2O. The normalized spacial score (nSPS) is 17.0. The molecule has 3 heteroatoms. The molecule has 1 saturated carbocycles. The minimum absolute atomic E-state index is 0.444. The number of hydrogen-bond acceptors (Lipinski definition) is 3. The molecule has 0 aromatic carbocycles. The first-order chi connectivity index (χ1) is 5.90. The van der Waals surface area contributed by atoms with Gasteiger partial charge in [0, 0.05) is 0 Å². The van der Waals surface area contributed by atoms with Crippen LogP contribution in [0.5, 0.6) is 0 Å². The summed E-state index contributed by atoms with van der Waals surface area (Å²) >= 11 is 0. The highest BCUT2D eigenvalue weighted by Crippen LogP contribution is 2.35. The lowest BCUT2D eigenvalue weighted by molar-refractivity contribution is 0.111. The number of hydrogen-bond donors (Lipinski definition) is 0. The molecule has 0 saturated heterocycles. The van der Waals surface area contributed by atoms with Crippen LogP contribution in [0, 0.1) is 0 Å². The Morgan fingerprint density at radius 3 is 2.92 bits per heavy atom. The molecule has 1 heterocycles. The van der Waals surface area contributed by atoms with Crippen molar-refractivity contribution in [1.29, 1.82) is 0 Å². The third-order valence-corrected chi connectivity index (χ3v) is 2.39. The van der Waals surface area contributed by atoms with E-state index in [9.17, 15) is 4.79 Å². The van der Waals surface area contributed by atoms with Crippen molar-refractivity contribution < 1.29 is 4.79 Å². The summed E-state index contributed by atoms with van der Waals surface area (Å²) in [5.41, 5.74) is 1.61. The second kappa shape index (κ2) is 3.01. The zero-order chi connectivity index (χ0) is 8.39. The lowest BCUT2D eigenvalue weighted by Crippen LogP contribution is -2.10. The zero-order valence-electron chi connectivity index (χ0n) is 6.73. The minimum atomic E-state index is 0.444. The molecular weight excluding hydrogens is 152 g/mol. The molecule has 0 atom stereocenters. The van der Waals surface area contributed by atoms with Crippen LogP contribution in [0.15, 0.2) is 12.3 Å². The average molecular weight is 162 g/mol. The molecule has 0 radical (unpaired) electrons. The van der Waals surface area contributed by atoms with Crippen molar-refractivity contribution in [3.05, 3.63) is 23.5 Å². The van der Waals surface area contributed by atoms with Gasteiger partial charge in [-0.2, -0.15) is 5.10 Å². The summed E-state index contributed by atoms with van der Waals surface area (Å²) in [4.78, 5) is 10.4. The Morgan fingerprint density at radius 1 is 1.50 bits per heavy atom. The molecule has 0 aliphatic heterocycles. The highest BCUT2D eigenvalue weighted by molar-refractivity contribution is 5.71. The number of aldehydes is 1. The third kappa shape index (κ3) is 1.22. The fourth-order valence-electron chi connectivity index (χ4n) is 1.42. The van der Waals surface area contributed by atoms with Crippen LogP contribution in [0.2, 0.25) is 0 Å². The van der Waals surface area contributed by atoms with Crippen molar-refractivity contribution in [3.63, 3.8) is 0 Å². The Labute approximate surface area is 70.8 Å². The SMILES string of the molecule is O=Cc1cc(C2CCC2)cnn1. The smallest absolute Gasteiger partial charge is 0.170 e. The summed E-state index contributed by atoms with van der Waals surface area (Å²) < 4.78 is 0. The van der Waals surface area contributed by atoms with E-state index in [2.05, 4.69) is 10.2 Å². The molecule has 0 amide bonds. The summed E-state index contributed by atoms with van der Waals surface area (Å²) in [6, 6.07) is 1.84. The first kappa shape index (κ1) is 7.40. The molecule has 3 nitrogen and oxygen atoms in total. The van der Waals surface area contributed by atoms with Gasteiger partial charge in [-0.05, 0) is 30.4 Å². The second-order valence-corrected chi connectivity index (χ2v) is 3.16. The summed E-state index contributed by atoms with van der Waals surface area (Å²) in [7, 11) is 0. The molecule has 0 N–H and O–H groups in total.